The van der Waals surface area contributed by atoms with Crippen LogP contribution in [0.4, 0.5) is 0 Å². The van der Waals surface area contributed by atoms with Crippen molar-refractivity contribution in [2.75, 3.05) is 0 Å². The van der Waals surface area contributed by atoms with Crippen LogP contribution in [0.15, 0.2) is 89.8 Å². The molecular formula is C21H21ClN2O2S. The first-order chi connectivity index (χ1) is 13.0. The largest absolute Gasteiger partial charge is 0.322 e. The van der Waals surface area contributed by atoms with Crippen molar-refractivity contribution >= 4 is 21.6 Å². The second-order valence-corrected chi connectivity index (χ2v) is 8.20. The fourth-order valence-corrected chi connectivity index (χ4v) is 4.30. The summed E-state index contributed by atoms with van der Waals surface area (Å²) in [5.41, 5.74) is 8.97. The molecule has 0 saturated heterocycles. The van der Waals surface area contributed by atoms with Crippen LogP contribution < -0.4 is 10.5 Å². The van der Waals surface area contributed by atoms with Gasteiger partial charge in [-0.25, -0.2) is 13.1 Å². The molecule has 0 spiro atoms. The van der Waals surface area contributed by atoms with E-state index in [0.29, 0.717) is 5.88 Å². The summed E-state index contributed by atoms with van der Waals surface area (Å²) in [6.07, 6.45) is 0. The zero-order valence-corrected chi connectivity index (χ0v) is 16.2. The highest BCUT2D eigenvalue weighted by atomic mass is 35.5. The first-order valence-electron chi connectivity index (χ1n) is 8.54. The fourth-order valence-electron chi connectivity index (χ4n) is 2.87. The molecule has 0 aliphatic heterocycles. The Kier molecular flexibility index (Phi) is 6.29. The lowest BCUT2D eigenvalue weighted by atomic mass is 9.95. The van der Waals surface area contributed by atoms with Crippen molar-refractivity contribution in [3.05, 3.63) is 102 Å². The number of rotatable bonds is 7. The van der Waals surface area contributed by atoms with Gasteiger partial charge in [0.2, 0.25) is 10.0 Å². The molecule has 4 nitrogen and oxygen atoms in total. The molecule has 27 heavy (non-hydrogen) atoms. The molecule has 140 valence electrons. The van der Waals surface area contributed by atoms with Crippen LogP contribution >= 0.6 is 11.6 Å². The van der Waals surface area contributed by atoms with Crippen molar-refractivity contribution in [1.29, 1.82) is 0 Å². The third kappa shape index (κ3) is 4.76. The third-order valence-electron chi connectivity index (χ3n) is 4.37. The van der Waals surface area contributed by atoms with E-state index in [9.17, 15) is 8.42 Å². The Hall–Kier alpha value is -2.18. The monoisotopic (exact) mass is 400 g/mol. The number of sulfonamides is 1. The quantitative estimate of drug-likeness (QED) is 0.585. The Labute approximate surface area is 165 Å². The van der Waals surface area contributed by atoms with E-state index in [4.69, 9.17) is 17.3 Å². The van der Waals surface area contributed by atoms with Gasteiger partial charge in [-0.3, -0.25) is 0 Å². The molecule has 3 N–H and O–H groups in total. The summed E-state index contributed by atoms with van der Waals surface area (Å²) in [6.45, 7) is 0. The predicted molar refractivity (Wildman–Crippen MR) is 109 cm³/mol. The summed E-state index contributed by atoms with van der Waals surface area (Å²) in [5, 5.41) is 0. The standard InChI is InChI=1S/C21H21ClN2O2S/c22-15-16-11-13-19(14-12-16)27(25,26)24-21(18-9-5-2-6-10-18)20(23)17-7-3-1-4-8-17/h1-14,20-21,24H,15,23H2/t20-,21-/m0/s1. The fraction of sp³-hybridized carbons (Fsp3) is 0.143. The van der Waals surface area contributed by atoms with E-state index in [1.165, 1.54) is 0 Å². The van der Waals surface area contributed by atoms with Crippen LogP contribution in [0.3, 0.4) is 0 Å². The highest BCUT2D eigenvalue weighted by Gasteiger charge is 2.27. The summed E-state index contributed by atoms with van der Waals surface area (Å²) >= 11 is 5.79. The van der Waals surface area contributed by atoms with Gasteiger partial charge in [0.25, 0.3) is 0 Å². The third-order valence-corrected chi connectivity index (χ3v) is 6.14. The smallest absolute Gasteiger partial charge is 0.241 e. The molecule has 0 aliphatic rings. The summed E-state index contributed by atoms with van der Waals surface area (Å²) in [6, 6.07) is 24.2. The lowest BCUT2D eigenvalue weighted by Gasteiger charge is -2.26. The predicted octanol–water partition coefficient (Wildman–Crippen LogP) is 4.15. The maximum absolute atomic E-state index is 13.0. The first-order valence-corrected chi connectivity index (χ1v) is 10.6. The summed E-state index contributed by atoms with van der Waals surface area (Å²) in [4.78, 5) is 0.178. The minimum absolute atomic E-state index is 0.178. The van der Waals surface area contributed by atoms with Gasteiger partial charge in [0.05, 0.1) is 17.0 Å². The van der Waals surface area contributed by atoms with Crippen molar-refractivity contribution in [3.8, 4) is 0 Å². The topological polar surface area (TPSA) is 72.2 Å². The summed E-state index contributed by atoms with van der Waals surface area (Å²) in [7, 11) is -3.76. The van der Waals surface area contributed by atoms with Gasteiger partial charge in [0.15, 0.2) is 0 Å². The second kappa shape index (κ2) is 8.67. The van der Waals surface area contributed by atoms with Crippen LogP contribution in [0.5, 0.6) is 0 Å². The molecule has 0 radical (unpaired) electrons. The molecule has 3 aromatic carbocycles. The number of nitrogens with one attached hydrogen (secondary N) is 1. The molecular weight excluding hydrogens is 380 g/mol. The molecule has 0 aromatic heterocycles. The minimum atomic E-state index is -3.76. The first kappa shape index (κ1) is 19.6. The molecule has 0 saturated carbocycles. The number of benzene rings is 3. The van der Waals surface area contributed by atoms with Crippen molar-refractivity contribution in [2.45, 2.75) is 22.9 Å². The zero-order valence-electron chi connectivity index (χ0n) is 14.6. The molecule has 3 rings (SSSR count). The lowest BCUT2D eigenvalue weighted by molar-refractivity contribution is 0.504. The maximum atomic E-state index is 13.0. The van der Waals surface area contributed by atoms with Gasteiger partial charge < -0.3 is 5.73 Å². The average Bonchev–Trinajstić information content (AvgIpc) is 2.73. The summed E-state index contributed by atoms with van der Waals surface area (Å²) in [5.74, 6) is 0.333. The number of halogens is 1. The van der Waals surface area contributed by atoms with E-state index >= 15 is 0 Å². The molecule has 0 bridgehead atoms. The van der Waals surface area contributed by atoms with E-state index < -0.39 is 22.1 Å². The highest BCUT2D eigenvalue weighted by Crippen LogP contribution is 2.28. The zero-order chi connectivity index (χ0) is 19.3. The molecule has 0 heterocycles. The molecule has 0 aliphatic carbocycles. The van der Waals surface area contributed by atoms with E-state index in [0.717, 1.165) is 16.7 Å². The van der Waals surface area contributed by atoms with E-state index in [1.54, 1.807) is 24.3 Å². The van der Waals surface area contributed by atoms with Gasteiger partial charge in [-0.15, -0.1) is 11.6 Å². The van der Waals surface area contributed by atoms with Gasteiger partial charge in [-0.05, 0) is 28.8 Å². The number of hydrogen-bond acceptors (Lipinski definition) is 3. The Bertz CT molecular complexity index is 962. The Morgan fingerprint density at radius 1 is 0.815 bits per heavy atom. The van der Waals surface area contributed by atoms with Crippen LogP contribution in [-0.4, -0.2) is 8.42 Å². The van der Waals surface area contributed by atoms with Crippen molar-refractivity contribution < 1.29 is 8.42 Å². The maximum Gasteiger partial charge on any atom is 0.241 e. The number of hydrogen-bond donors (Lipinski definition) is 2. The van der Waals surface area contributed by atoms with Gasteiger partial charge in [0.1, 0.15) is 0 Å². The number of alkyl halides is 1. The number of nitrogens with two attached hydrogens (primary N) is 1. The van der Waals surface area contributed by atoms with Crippen LogP contribution in [0.1, 0.15) is 28.8 Å². The van der Waals surface area contributed by atoms with E-state index in [-0.39, 0.29) is 4.90 Å². The van der Waals surface area contributed by atoms with Crippen molar-refractivity contribution in [1.82, 2.24) is 4.72 Å². The van der Waals surface area contributed by atoms with Crippen molar-refractivity contribution in [3.63, 3.8) is 0 Å². The Morgan fingerprint density at radius 2 is 1.33 bits per heavy atom. The van der Waals surface area contributed by atoms with Gasteiger partial charge in [-0.2, -0.15) is 0 Å². The molecule has 0 unspecified atom stereocenters. The van der Waals surface area contributed by atoms with E-state index in [1.807, 2.05) is 60.7 Å². The van der Waals surface area contributed by atoms with Gasteiger partial charge >= 0.3 is 0 Å². The molecule has 0 amide bonds. The Morgan fingerprint density at radius 3 is 1.85 bits per heavy atom. The van der Waals surface area contributed by atoms with Gasteiger partial charge in [0, 0.05) is 5.88 Å². The van der Waals surface area contributed by atoms with Gasteiger partial charge in [-0.1, -0.05) is 72.8 Å². The normalized spacial score (nSPS) is 13.9. The van der Waals surface area contributed by atoms with Crippen molar-refractivity contribution in [2.24, 2.45) is 5.73 Å². The lowest BCUT2D eigenvalue weighted by Crippen LogP contribution is -2.36. The molecule has 3 aromatic rings. The molecule has 6 heteroatoms. The molecule has 0 fully saturated rings. The van der Waals surface area contributed by atoms with Crippen LogP contribution in [0.25, 0.3) is 0 Å². The van der Waals surface area contributed by atoms with Crippen LogP contribution in [0.2, 0.25) is 0 Å². The molecule has 2 atom stereocenters. The minimum Gasteiger partial charge on any atom is -0.322 e. The van der Waals surface area contributed by atoms with E-state index in [2.05, 4.69) is 4.72 Å². The summed E-state index contributed by atoms with van der Waals surface area (Å²) < 4.78 is 28.7. The Balaban J connectivity index is 1.95. The second-order valence-electron chi connectivity index (χ2n) is 6.22. The van der Waals surface area contributed by atoms with Crippen LogP contribution in [-0.2, 0) is 15.9 Å². The average molecular weight is 401 g/mol. The SMILES string of the molecule is N[C@@H](c1ccccc1)[C@@H](NS(=O)(=O)c1ccc(CCl)cc1)c1ccccc1. The van der Waals surface area contributed by atoms with Crippen LogP contribution in [0, 0.1) is 0 Å². The highest BCUT2D eigenvalue weighted by molar-refractivity contribution is 7.89.